The van der Waals surface area contributed by atoms with E-state index in [0.29, 0.717) is 10.9 Å². The third-order valence-electron chi connectivity index (χ3n) is 1.84. The quantitative estimate of drug-likeness (QED) is 0.670. The zero-order valence-corrected chi connectivity index (χ0v) is 10.6. The van der Waals surface area contributed by atoms with Crippen molar-refractivity contribution in [3.63, 3.8) is 0 Å². The first kappa shape index (κ1) is 11.3. The molecule has 1 saturated heterocycles. The van der Waals surface area contributed by atoms with Gasteiger partial charge in [-0.2, -0.15) is 5.10 Å². The maximum atomic E-state index is 10.9. The Hall–Kier alpha value is -1.14. The van der Waals surface area contributed by atoms with Crippen molar-refractivity contribution >= 4 is 45.0 Å². The third kappa shape index (κ3) is 2.93. The van der Waals surface area contributed by atoms with Crippen LogP contribution in [0.4, 0.5) is 0 Å². The lowest BCUT2D eigenvalue weighted by Crippen LogP contribution is -2.19. The van der Waals surface area contributed by atoms with Crippen LogP contribution in [0.5, 0.6) is 0 Å². The number of amides is 1. The molecule has 82 valence electrons. The summed E-state index contributed by atoms with van der Waals surface area (Å²) >= 11 is 4.76. The SMILES string of the molecule is O=C1CS/C(=N/N=C/c2ccccc2Br)N1. The first-order valence-electron chi connectivity index (χ1n) is 4.54. The van der Waals surface area contributed by atoms with Gasteiger partial charge in [-0.05, 0) is 6.07 Å². The van der Waals surface area contributed by atoms with Crippen LogP contribution in [0.15, 0.2) is 38.9 Å². The van der Waals surface area contributed by atoms with Crippen LogP contribution in [-0.2, 0) is 4.79 Å². The predicted octanol–water partition coefficient (Wildman–Crippen LogP) is 2.00. The van der Waals surface area contributed by atoms with Crippen LogP contribution in [0.3, 0.4) is 0 Å². The second kappa shape index (κ2) is 5.27. The zero-order valence-electron chi connectivity index (χ0n) is 8.18. The summed E-state index contributed by atoms with van der Waals surface area (Å²) in [6.07, 6.45) is 1.64. The van der Waals surface area contributed by atoms with Gasteiger partial charge in [0.2, 0.25) is 5.91 Å². The Balaban J connectivity index is 2.05. The van der Waals surface area contributed by atoms with Crippen LogP contribution < -0.4 is 5.32 Å². The summed E-state index contributed by atoms with van der Waals surface area (Å²) < 4.78 is 0.960. The summed E-state index contributed by atoms with van der Waals surface area (Å²) in [7, 11) is 0. The van der Waals surface area contributed by atoms with E-state index >= 15 is 0 Å². The van der Waals surface area contributed by atoms with E-state index in [0.717, 1.165) is 10.0 Å². The molecule has 0 aliphatic carbocycles. The summed E-state index contributed by atoms with van der Waals surface area (Å²) in [5, 5.41) is 11.0. The molecule has 6 heteroatoms. The van der Waals surface area contributed by atoms with Gasteiger partial charge in [0.05, 0.1) is 12.0 Å². The molecule has 1 amide bonds. The van der Waals surface area contributed by atoms with Crippen molar-refractivity contribution < 1.29 is 4.79 Å². The minimum Gasteiger partial charge on any atom is -0.303 e. The van der Waals surface area contributed by atoms with Gasteiger partial charge < -0.3 is 5.32 Å². The fraction of sp³-hybridized carbons (Fsp3) is 0.100. The van der Waals surface area contributed by atoms with Gasteiger partial charge in [0.25, 0.3) is 0 Å². The van der Waals surface area contributed by atoms with Crippen LogP contribution in [0, 0.1) is 0 Å². The second-order valence-corrected chi connectivity index (χ2v) is 4.83. The van der Waals surface area contributed by atoms with Crippen molar-refractivity contribution in [3.05, 3.63) is 34.3 Å². The van der Waals surface area contributed by atoms with E-state index < -0.39 is 0 Å². The van der Waals surface area contributed by atoms with E-state index in [-0.39, 0.29) is 5.91 Å². The summed E-state index contributed by atoms with van der Waals surface area (Å²) in [5.74, 6) is 0.392. The standard InChI is InChI=1S/C10H8BrN3OS/c11-8-4-2-1-3-7(8)5-12-14-10-13-9(15)6-16-10/h1-5H,6H2,(H,13,14,15)/b12-5+. The van der Waals surface area contributed by atoms with Gasteiger partial charge >= 0.3 is 0 Å². The van der Waals surface area contributed by atoms with Gasteiger partial charge in [0.15, 0.2) is 5.17 Å². The number of carbonyl (C=O) groups excluding carboxylic acids is 1. The molecule has 0 bridgehead atoms. The molecular weight excluding hydrogens is 290 g/mol. The molecule has 0 atom stereocenters. The lowest BCUT2D eigenvalue weighted by Gasteiger charge is -1.94. The van der Waals surface area contributed by atoms with Crippen molar-refractivity contribution in [2.75, 3.05) is 5.75 Å². The molecule has 0 aromatic heterocycles. The molecule has 1 aromatic carbocycles. The molecule has 4 nitrogen and oxygen atoms in total. The van der Waals surface area contributed by atoms with Crippen LogP contribution in [-0.4, -0.2) is 23.0 Å². The highest BCUT2D eigenvalue weighted by Crippen LogP contribution is 2.14. The normalized spacial score (nSPS) is 18.3. The summed E-state index contributed by atoms with van der Waals surface area (Å²) in [6, 6.07) is 7.71. The van der Waals surface area contributed by atoms with Crippen molar-refractivity contribution in [2.24, 2.45) is 10.2 Å². The van der Waals surface area contributed by atoms with Gasteiger partial charge in [-0.1, -0.05) is 45.9 Å². The maximum absolute atomic E-state index is 10.9. The number of nitrogens with zero attached hydrogens (tertiary/aromatic N) is 2. The van der Waals surface area contributed by atoms with E-state index in [9.17, 15) is 4.79 Å². The summed E-state index contributed by atoms with van der Waals surface area (Å²) in [6.45, 7) is 0. The van der Waals surface area contributed by atoms with E-state index in [4.69, 9.17) is 0 Å². The van der Waals surface area contributed by atoms with E-state index in [2.05, 4.69) is 31.4 Å². The molecule has 1 aliphatic rings. The van der Waals surface area contributed by atoms with E-state index in [1.165, 1.54) is 11.8 Å². The fourth-order valence-electron chi connectivity index (χ4n) is 1.10. The lowest BCUT2D eigenvalue weighted by molar-refractivity contribution is -0.116. The van der Waals surface area contributed by atoms with Crippen LogP contribution in [0.2, 0.25) is 0 Å². The highest BCUT2D eigenvalue weighted by atomic mass is 79.9. The number of hydrogen-bond acceptors (Lipinski definition) is 4. The third-order valence-corrected chi connectivity index (χ3v) is 3.42. The van der Waals surface area contributed by atoms with Crippen molar-refractivity contribution in [1.29, 1.82) is 0 Å². The molecule has 2 rings (SSSR count). The molecule has 16 heavy (non-hydrogen) atoms. The molecule has 0 radical (unpaired) electrons. The minimum atomic E-state index is -0.0279. The molecule has 1 heterocycles. The van der Waals surface area contributed by atoms with Gasteiger partial charge in [0, 0.05) is 10.0 Å². The highest BCUT2D eigenvalue weighted by Gasteiger charge is 2.15. The summed E-state index contributed by atoms with van der Waals surface area (Å²) in [5.41, 5.74) is 0.946. The van der Waals surface area contributed by atoms with Gasteiger partial charge in [-0.3, -0.25) is 4.79 Å². The molecule has 1 aliphatic heterocycles. The second-order valence-electron chi connectivity index (χ2n) is 3.01. The van der Waals surface area contributed by atoms with Gasteiger partial charge in [-0.25, -0.2) is 0 Å². The van der Waals surface area contributed by atoms with E-state index in [1.54, 1.807) is 6.21 Å². The number of amidine groups is 1. The average molecular weight is 298 g/mol. The Bertz CT molecular complexity index is 473. The first-order chi connectivity index (χ1) is 7.75. The molecule has 1 fully saturated rings. The number of nitrogens with one attached hydrogen (secondary N) is 1. The fourth-order valence-corrected chi connectivity index (χ4v) is 2.12. The minimum absolute atomic E-state index is 0.0279. The molecule has 0 saturated carbocycles. The maximum Gasteiger partial charge on any atom is 0.236 e. The molecule has 1 N–H and O–H groups in total. The Morgan fingerprint density at radius 3 is 2.94 bits per heavy atom. The Morgan fingerprint density at radius 1 is 1.44 bits per heavy atom. The Morgan fingerprint density at radius 2 is 2.25 bits per heavy atom. The van der Waals surface area contributed by atoms with Crippen LogP contribution in [0.25, 0.3) is 0 Å². The number of thioether (sulfide) groups is 1. The smallest absolute Gasteiger partial charge is 0.236 e. The number of benzene rings is 1. The van der Waals surface area contributed by atoms with E-state index in [1.807, 2.05) is 24.3 Å². The van der Waals surface area contributed by atoms with Crippen molar-refractivity contribution in [1.82, 2.24) is 5.32 Å². The van der Waals surface area contributed by atoms with Crippen molar-refractivity contribution in [3.8, 4) is 0 Å². The van der Waals surface area contributed by atoms with Gasteiger partial charge in [0.1, 0.15) is 0 Å². The lowest BCUT2D eigenvalue weighted by atomic mass is 10.2. The largest absolute Gasteiger partial charge is 0.303 e. The summed E-state index contributed by atoms with van der Waals surface area (Å²) in [4.78, 5) is 10.9. The predicted molar refractivity (Wildman–Crippen MR) is 69.8 cm³/mol. The monoisotopic (exact) mass is 297 g/mol. The molecule has 0 spiro atoms. The number of rotatable bonds is 2. The first-order valence-corrected chi connectivity index (χ1v) is 6.32. The zero-order chi connectivity index (χ0) is 11.4. The van der Waals surface area contributed by atoms with Crippen molar-refractivity contribution in [2.45, 2.75) is 0 Å². The Kier molecular flexibility index (Phi) is 3.74. The van der Waals surface area contributed by atoms with Gasteiger partial charge in [-0.15, -0.1) is 5.10 Å². The number of hydrogen-bond donors (Lipinski definition) is 1. The number of halogens is 1. The topological polar surface area (TPSA) is 53.8 Å². The molecule has 1 aromatic rings. The van der Waals surface area contributed by atoms with Crippen LogP contribution >= 0.6 is 27.7 Å². The van der Waals surface area contributed by atoms with Crippen LogP contribution in [0.1, 0.15) is 5.56 Å². The molecule has 0 unspecified atom stereocenters. The highest BCUT2D eigenvalue weighted by molar-refractivity contribution is 9.10. The average Bonchev–Trinajstić information content (AvgIpc) is 2.67. The number of carbonyl (C=O) groups is 1. The Labute approximate surface area is 105 Å². The molecular formula is C10H8BrN3OS.